The first-order chi connectivity index (χ1) is 17.9. The van der Waals surface area contributed by atoms with Crippen LogP contribution in [0, 0.1) is 11.8 Å². The van der Waals surface area contributed by atoms with E-state index in [-0.39, 0.29) is 12.5 Å². The number of halogens is 1. The third kappa shape index (κ3) is 6.05. The van der Waals surface area contributed by atoms with Crippen molar-refractivity contribution in [3.05, 3.63) is 47.2 Å². The molecule has 3 aromatic rings. The number of aliphatic hydroxyl groups excluding tert-OH is 1. The maximum atomic E-state index is 12.7. The second-order valence-electron chi connectivity index (χ2n) is 8.48. The lowest BCUT2D eigenvalue weighted by Gasteiger charge is -2.23. The van der Waals surface area contributed by atoms with Crippen LogP contribution < -0.4 is 5.32 Å². The quantitative estimate of drug-likeness (QED) is 0.291. The summed E-state index contributed by atoms with van der Waals surface area (Å²) in [5.74, 6) is -1.14. The number of aromatic nitrogens is 4. The minimum Gasteiger partial charge on any atom is -0.428 e. The number of imidazole rings is 1. The number of esters is 1. The van der Waals surface area contributed by atoms with E-state index in [1.165, 1.54) is 4.90 Å². The van der Waals surface area contributed by atoms with Crippen LogP contribution in [0.25, 0.3) is 11.0 Å². The van der Waals surface area contributed by atoms with Gasteiger partial charge in [-0.2, -0.15) is 0 Å². The average Bonchev–Trinajstić information content (AvgIpc) is 3.54. The Hall–Kier alpha value is -3.58. The van der Waals surface area contributed by atoms with Gasteiger partial charge in [0.2, 0.25) is 12.8 Å². The molecular weight excluding hydrogens is 546 g/mol. The number of aryl methyl sites for hydroxylation is 1. The first-order valence-corrected chi connectivity index (χ1v) is 12.6. The van der Waals surface area contributed by atoms with Crippen LogP contribution in [-0.2, 0) is 27.7 Å². The highest BCUT2D eigenvalue weighted by atomic mass is 79.9. The van der Waals surface area contributed by atoms with Crippen molar-refractivity contribution >= 4 is 50.7 Å². The van der Waals surface area contributed by atoms with E-state index in [0.717, 1.165) is 11.2 Å². The van der Waals surface area contributed by atoms with E-state index in [9.17, 15) is 14.7 Å². The van der Waals surface area contributed by atoms with Crippen molar-refractivity contribution in [3.8, 4) is 0 Å². The number of aliphatic hydroxyl groups is 1. The van der Waals surface area contributed by atoms with E-state index in [2.05, 4.69) is 41.2 Å². The summed E-state index contributed by atoms with van der Waals surface area (Å²) in [7, 11) is 1.85. The molecule has 0 spiro atoms. The zero-order valence-corrected chi connectivity index (χ0v) is 22.1. The van der Waals surface area contributed by atoms with Gasteiger partial charge in [-0.15, -0.1) is 0 Å². The lowest BCUT2D eigenvalue weighted by Crippen LogP contribution is -2.39. The summed E-state index contributed by atoms with van der Waals surface area (Å²) >= 11 is 3.53. The van der Waals surface area contributed by atoms with E-state index < -0.39 is 24.8 Å². The number of hydrogen-bond acceptors (Lipinski definition) is 10. The maximum absolute atomic E-state index is 12.7. The van der Waals surface area contributed by atoms with Crippen LogP contribution in [0.2, 0.25) is 0 Å². The van der Waals surface area contributed by atoms with Gasteiger partial charge in [0, 0.05) is 43.9 Å². The highest BCUT2D eigenvalue weighted by Crippen LogP contribution is 2.29. The van der Waals surface area contributed by atoms with E-state index in [0.29, 0.717) is 47.6 Å². The summed E-state index contributed by atoms with van der Waals surface area (Å²) in [6.45, 7) is 1.82. The van der Waals surface area contributed by atoms with E-state index in [1.54, 1.807) is 31.0 Å². The van der Waals surface area contributed by atoms with Gasteiger partial charge in [0.1, 0.15) is 5.52 Å². The first-order valence-electron chi connectivity index (χ1n) is 11.8. The molecule has 0 radical (unpaired) electrons. The number of carbonyl (C=O) groups excluding carboxylic acids is 2. The third-order valence-corrected chi connectivity index (χ3v) is 7.01. The molecule has 196 valence electrons. The van der Waals surface area contributed by atoms with Crippen LogP contribution >= 0.6 is 15.9 Å². The number of benzene rings is 1. The number of aliphatic imine (C=N–C) groups is 1. The Morgan fingerprint density at radius 2 is 2.05 bits per heavy atom. The fourth-order valence-corrected chi connectivity index (χ4v) is 4.69. The summed E-state index contributed by atoms with van der Waals surface area (Å²) < 4.78 is 13.0. The van der Waals surface area contributed by atoms with Gasteiger partial charge < -0.3 is 24.5 Å². The van der Waals surface area contributed by atoms with Gasteiger partial charge >= 0.3 is 12.1 Å². The predicted molar refractivity (Wildman–Crippen MR) is 139 cm³/mol. The van der Waals surface area contributed by atoms with Crippen LogP contribution in [0.1, 0.15) is 19.0 Å². The van der Waals surface area contributed by atoms with Crippen molar-refractivity contribution < 1.29 is 24.2 Å². The molecule has 0 saturated carbocycles. The first kappa shape index (κ1) is 26.5. The molecule has 13 heteroatoms. The molecule has 1 aliphatic heterocycles. The minimum absolute atomic E-state index is 0.187. The highest BCUT2D eigenvalue weighted by molar-refractivity contribution is 9.10. The normalized spacial score (nSPS) is 14.8. The summed E-state index contributed by atoms with van der Waals surface area (Å²) in [6, 6.07) is 3.62. The molecule has 1 aliphatic rings. The van der Waals surface area contributed by atoms with Gasteiger partial charge in [0.05, 0.1) is 41.0 Å². The molecule has 0 aliphatic carbocycles. The number of carbonyl (C=O) groups is 2. The third-order valence-electron chi connectivity index (χ3n) is 6.20. The van der Waals surface area contributed by atoms with Crippen molar-refractivity contribution in [2.75, 3.05) is 31.8 Å². The Balaban J connectivity index is 1.32. The minimum atomic E-state index is -0.699. The summed E-state index contributed by atoms with van der Waals surface area (Å²) in [4.78, 5) is 43.8. The van der Waals surface area contributed by atoms with Crippen molar-refractivity contribution in [1.29, 1.82) is 0 Å². The second-order valence-corrected chi connectivity index (χ2v) is 9.28. The summed E-state index contributed by atoms with van der Waals surface area (Å²) in [5, 5.41) is 13.0. The average molecular weight is 574 g/mol. The van der Waals surface area contributed by atoms with Crippen molar-refractivity contribution in [3.63, 3.8) is 0 Å². The van der Waals surface area contributed by atoms with Gasteiger partial charge in [-0.1, -0.05) is 6.92 Å². The number of fused-ring (bicyclic) bond motifs is 1. The molecule has 2 aromatic heterocycles. The van der Waals surface area contributed by atoms with Crippen molar-refractivity contribution in [1.82, 2.24) is 24.4 Å². The molecule has 0 bridgehead atoms. The number of hydrogen-bond donors (Lipinski definition) is 2. The van der Waals surface area contributed by atoms with Crippen LogP contribution in [0.4, 0.5) is 10.5 Å². The highest BCUT2D eigenvalue weighted by Gasteiger charge is 2.30. The number of nitrogens with one attached hydrogen (secondary N) is 1. The fraction of sp³-hybridized carbons (Fsp3) is 0.417. The predicted octanol–water partition coefficient (Wildman–Crippen LogP) is 2.72. The Kier molecular flexibility index (Phi) is 8.66. The molecule has 3 heterocycles. The molecule has 1 amide bonds. The Morgan fingerprint density at radius 3 is 2.78 bits per heavy atom. The molecular formula is C24H28BrN7O5. The molecule has 12 nitrogen and oxygen atoms in total. The monoisotopic (exact) mass is 573 g/mol. The van der Waals surface area contributed by atoms with Crippen LogP contribution in [0.15, 0.2) is 46.5 Å². The number of ether oxygens (including phenoxy) is 2. The zero-order chi connectivity index (χ0) is 26.4. The molecule has 1 unspecified atom stereocenters. The van der Waals surface area contributed by atoms with E-state index in [4.69, 9.17) is 9.47 Å². The topological polar surface area (TPSA) is 144 Å². The molecule has 0 saturated heterocycles. The van der Waals surface area contributed by atoms with E-state index >= 15 is 0 Å². The Labute approximate surface area is 221 Å². The molecule has 37 heavy (non-hydrogen) atoms. The second kappa shape index (κ2) is 12.1. The maximum Gasteiger partial charge on any atom is 0.419 e. The lowest BCUT2D eigenvalue weighted by atomic mass is 9.87. The number of amides is 1. The Morgan fingerprint density at radius 1 is 1.24 bits per heavy atom. The van der Waals surface area contributed by atoms with Gasteiger partial charge in [-0.3, -0.25) is 19.8 Å². The number of guanidine groups is 1. The molecule has 4 rings (SSSR count). The zero-order valence-electron chi connectivity index (χ0n) is 20.5. The number of anilines is 1. The lowest BCUT2D eigenvalue weighted by molar-refractivity contribution is -0.160. The van der Waals surface area contributed by atoms with Gasteiger partial charge in [-0.25, -0.2) is 14.7 Å². The standard InChI is InChI=1S/C24H28BrN7O5/c1-3-17(15(12-33)10-16-11-26-13-31(16)2)22(34)36-14-37-24(35)32-9-8-29-23(32)30-18-4-5-19-21(20(18)25)28-7-6-27-19/h4-7,11,13,15,17,33H,3,8-10,12,14H2,1-2H3,(H,29,30)/t15?,17-/m0/s1. The van der Waals surface area contributed by atoms with Crippen LogP contribution in [0.5, 0.6) is 0 Å². The van der Waals surface area contributed by atoms with Gasteiger partial charge in [-0.05, 0) is 40.9 Å². The van der Waals surface area contributed by atoms with Crippen LogP contribution in [0.3, 0.4) is 0 Å². The largest absolute Gasteiger partial charge is 0.428 e. The fourth-order valence-electron chi connectivity index (χ4n) is 4.15. The molecule has 1 aromatic carbocycles. The van der Waals surface area contributed by atoms with E-state index in [1.807, 2.05) is 24.6 Å². The van der Waals surface area contributed by atoms with Crippen LogP contribution in [-0.4, -0.2) is 74.0 Å². The smallest absolute Gasteiger partial charge is 0.419 e. The van der Waals surface area contributed by atoms with Crippen molar-refractivity contribution in [2.45, 2.75) is 19.8 Å². The van der Waals surface area contributed by atoms with Gasteiger partial charge in [0.25, 0.3) is 0 Å². The van der Waals surface area contributed by atoms with Gasteiger partial charge in [0.15, 0.2) is 0 Å². The Bertz CT molecular complexity index is 1300. The number of rotatable bonds is 9. The summed E-state index contributed by atoms with van der Waals surface area (Å²) in [5.41, 5.74) is 2.95. The SMILES string of the molecule is CC[C@H](C(=O)OCOC(=O)N1CCN=C1Nc1ccc2nccnc2c1Br)C(CO)Cc1cncn1C. The number of nitrogens with zero attached hydrogens (tertiary/aromatic N) is 6. The molecule has 0 fully saturated rings. The summed E-state index contributed by atoms with van der Waals surface area (Å²) in [6.07, 6.45) is 6.81. The van der Waals surface area contributed by atoms with Crippen molar-refractivity contribution in [2.24, 2.45) is 23.9 Å². The molecule has 2 N–H and O–H groups in total. The molecule has 2 atom stereocenters.